The Kier molecular flexibility index (Phi) is 11.5. The van der Waals surface area contributed by atoms with Crippen molar-refractivity contribution in [3.05, 3.63) is 0 Å². The Morgan fingerprint density at radius 3 is 1.45 bits per heavy atom. The maximum atomic E-state index is 11.1. The van der Waals surface area contributed by atoms with E-state index in [9.17, 15) is 35.7 Å². The van der Waals surface area contributed by atoms with Crippen LogP contribution in [0.4, 0.5) is 0 Å². The van der Waals surface area contributed by atoms with E-state index in [1.165, 1.54) is 0 Å². The van der Waals surface area contributed by atoms with Gasteiger partial charge in [0, 0.05) is 25.2 Å². The number of aliphatic hydroxyl groups excluding tert-OH is 7. The summed E-state index contributed by atoms with van der Waals surface area (Å²) in [6, 6.07) is -4.18. The summed E-state index contributed by atoms with van der Waals surface area (Å²) in [6.45, 7) is -0.967. The lowest BCUT2D eigenvalue weighted by atomic mass is 9.84. The molecule has 3 aliphatic heterocycles. The van der Waals surface area contributed by atoms with Crippen LogP contribution in [0.3, 0.4) is 0 Å². The van der Waals surface area contributed by atoms with Gasteiger partial charge < -0.3 is 98.6 Å². The standard InChI is InChI=1S/C23H46N6O13/c24-2-7-13(32)15(34)10(28)21(37-7)40-18-6(27)1-5(26)12(31)20(18)42-23-17(36)19(9(4-30)39-23)41-22-11(29)16(35)14(33)8(3-25)38-22/h5-23,30-36H,1-4,24-29H2/t5-,6+,7-,8+,9-,10-,11-,12+,13+,14+,15-,16-,17-,18+,19-,20-,21-,22+,23+/m1/s1. The van der Waals surface area contributed by atoms with Gasteiger partial charge in [-0.25, -0.2) is 0 Å². The van der Waals surface area contributed by atoms with E-state index in [0.29, 0.717) is 0 Å². The maximum absolute atomic E-state index is 11.1. The van der Waals surface area contributed by atoms with E-state index >= 15 is 0 Å². The van der Waals surface area contributed by atoms with Crippen molar-refractivity contribution in [2.75, 3.05) is 19.7 Å². The molecule has 19 atom stereocenters. The third-order valence-electron chi connectivity index (χ3n) is 8.37. The van der Waals surface area contributed by atoms with Crippen LogP contribution in [0.2, 0.25) is 0 Å². The highest BCUT2D eigenvalue weighted by Gasteiger charge is 2.54. The normalized spacial score (nSPS) is 53.8. The van der Waals surface area contributed by atoms with Crippen LogP contribution in [0.5, 0.6) is 0 Å². The van der Waals surface area contributed by atoms with Gasteiger partial charge in [-0.15, -0.1) is 0 Å². The molecular formula is C23H46N6O13. The molecule has 4 fully saturated rings. The van der Waals surface area contributed by atoms with E-state index < -0.39 is 123 Å². The Morgan fingerprint density at radius 2 is 0.976 bits per heavy atom. The average Bonchev–Trinajstić information content (AvgIpc) is 3.27. The van der Waals surface area contributed by atoms with Crippen LogP contribution in [-0.2, 0) is 28.4 Å². The van der Waals surface area contributed by atoms with Gasteiger partial charge in [-0.1, -0.05) is 0 Å². The molecule has 0 radical (unpaired) electrons. The molecule has 3 heterocycles. The first-order valence-electron chi connectivity index (χ1n) is 13.9. The Balaban J connectivity index is 1.50. The second-order valence-electron chi connectivity index (χ2n) is 11.2. The predicted octanol–water partition coefficient (Wildman–Crippen LogP) is -8.90. The lowest BCUT2D eigenvalue weighted by Crippen LogP contribution is -2.68. The summed E-state index contributed by atoms with van der Waals surface area (Å²) in [7, 11) is 0. The van der Waals surface area contributed by atoms with E-state index in [0.717, 1.165) is 0 Å². The van der Waals surface area contributed by atoms with Crippen molar-refractivity contribution in [2.24, 2.45) is 34.4 Å². The number of hydrogen-bond acceptors (Lipinski definition) is 19. The lowest BCUT2D eigenvalue weighted by Gasteiger charge is -2.47. The minimum absolute atomic E-state index is 0.0889. The lowest BCUT2D eigenvalue weighted by molar-refractivity contribution is -0.306. The molecule has 1 saturated carbocycles. The molecule has 0 bridgehead atoms. The van der Waals surface area contributed by atoms with Crippen molar-refractivity contribution in [1.29, 1.82) is 0 Å². The second kappa shape index (κ2) is 14.1. The number of hydrogen-bond donors (Lipinski definition) is 13. The first kappa shape index (κ1) is 34.1. The number of ether oxygens (including phenoxy) is 6. The fourth-order valence-corrected chi connectivity index (χ4v) is 5.74. The topological polar surface area (TPSA) is 353 Å². The minimum Gasteiger partial charge on any atom is -0.394 e. The van der Waals surface area contributed by atoms with E-state index in [2.05, 4.69) is 0 Å². The molecule has 0 aromatic rings. The smallest absolute Gasteiger partial charge is 0.187 e. The van der Waals surface area contributed by atoms with Crippen LogP contribution in [0.25, 0.3) is 0 Å². The van der Waals surface area contributed by atoms with Gasteiger partial charge in [0.25, 0.3) is 0 Å². The van der Waals surface area contributed by atoms with Crippen LogP contribution in [0.15, 0.2) is 0 Å². The van der Waals surface area contributed by atoms with Crippen molar-refractivity contribution in [1.82, 2.24) is 0 Å². The molecule has 4 aliphatic rings. The van der Waals surface area contributed by atoms with Crippen LogP contribution in [0, 0.1) is 0 Å². The van der Waals surface area contributed by atoms with Gasteiger partial charge >= 0.3 is 0 Å². The van der Waals surface area contributed by atoms with E-state index in [1.54, 1.807) is 0 Å². The molecule has 42 heavy (non-hydrogen) atoms. The monoisotopic (exact) mass is 614 g/mol. The molecule has 0 spiro atoms. The zero-order valence-electron chi connectivity index (χ0n) is 22.8. The summed E-state index contributed by atoms with van der Waals surface area (Å²) in [4.78, 5) is 0. The van der Waals surface area contributed by atoms with Gasteiger partial charge in [-0.3, -0.25) is 0 Å². The predicted molar refractivity (Wildman–Crippen MR) is 138 cm³/mol. The number of aliphatic hydroxyl groups is 7. The molecule has 0 unspecified atom stereocenters. The van der Waals surface area contributed by atoms with Crippen molar-refractivity contribution in [3.63, 3.8) is 0 Å². The van der Waals surface area contributed by atoms with Gasteiger partial charge in [0.05, 0.1) is 24.8 Å². The highest BCUT2D eigenvalue weighted by atomic mass is 16.8. The largest absolute Gasteiger partial charge is 0.394 e. The van der Waals surface area contributed by atoms with E-state index in [4.69, 9.17) is 62.8 Å². The summed E-state index contributed by atoms with van der Waals surface area (Å²) in [5.41, 5.74) is 35.6. The number of rotatable bonds is 9. The fraction of sp³-hybridized carbons (Fsp3) is 1.00. The highest BCUT2D eigenvalue weighted by Crippen LogP contribution is 2.34. The van der Waals surface area contributed by atoms with Crippen molar-refractivity contribution >= 4 is 0 Å². The zero-order valence-corrected chi connectivity index (χ0v) is 22.8. The SMILES string of the molecule is NC[C@@H]1O[C@@H](O[C@H]2[C@@H](O)[C@H](O[C@@H]3[C@@H](O)[C@H](N)C[C@H](N)[C@@H]3O[C@H]3O[C@H](CN)[C@H](O)[C@H](O)[C@H]3N)O[C@@H]2CO)[C@H](N)[C@@H](O)[C@H]1O. The third-order valence-corrected chi connectivity index (χ3v) is 8.37. The Morgan fingerprint density at radius 1 is 0.524 bits per heavy atom. The van der Waals surface area contributed by atoms with Gasteiger partial charge in [0.2, 0.25) is 0 Å². The average molecular weight is 615 g/mol. The maximum Gasteiger partial charge on any atom is 0.187 e. The molecule has 3 saturated heterocycles. The van der Waals surface area contributed by atoms with Crippen molar-refractivity contribution in [2.45, 2.75) is 123 Å². The molecule has 0 aromatic heterocycles. The summed E-state index contributed by atoms with van der Waals surface area (Å²) in [6.07, 6.45) is -19.8. The molecule has 19 nitrogen and oxygen atoms in total. The summed E-state index contributed by atoms with van der Waals surface area (Å²) in [5, 5.41) is 73.0. The summed E-state index contributed by atoms with van der Waals surface area (Å²) < 4.78 is 34.6. The molecule has 4 rings (SSSR count). The van der Waals surface area contributed by atoms with Crippen LogP contribution >= 0.6 is 0 Å². The zero-order chi connectivity index (χ0) is 31.0. The van der Waals surface area contributed by atoms with Gasteiger partial charge in [-0.2, -0.15) is 0 Å². The van der Waals surface area contributed by atoms with Crippen LogP contribution < -0.4 is 34.4 Å². The van der Waals surface area contributed by atoms with E-state index in [1.807, 2.05) is 0 Å². The fourth-order valence-electron chi connectivity index (χ4n) is 5.74. The molecule has 19 N–H and O–H groups in total. The van der Waals surface area contributed by atoms with Gasteiger partial charge in [-0.05, 0) is 6.42 Å². The molecule has 246 valence electrons. The van der Waals surface area contributed by atoms with Crippen LogP contribution in [-0.4, -0.2) is 172 Å². The summed E-state index contributed by atoms with van der Waals surface area (Å²) >= 11 is 0. The molecular weight excluding hydrogens is 568 g/mol. The van der Waals surface area contributed by atoms with Gasteiger partial charge in [0.1, 0.15) is 67.1 Å². The Bertz CT molecular complexity index is 868. The molecule has 0 amide bonds. The molecule has 0 aromatic carbocycles. The third kappa shape index (κ3) is 6.60. The van der Waals surface area contributed by atoms with Gasteiger partial charge in [0.15, 0.2) is 18.9 Å². The van der Waals surface area contributed by atoms with E-state index in [-0.39, 0.29) is 19.5 Å². The van der Waals surface area contributed by atoms with Crippen molar-refractivity contribution in [3.8, 4) is 0 Å². The van der Waals surface area contributed by atoms with Crippen molar-refractivity contribution < 1.29 is 64.2 Å². The number of nitrogens with two attached hydrogens (primary N) is 6. The minimum atomic E-state index is -1.60. The first-order chi connectivity index (χ1) is 19.8. The Labute approximate surface area is 241 Å². The summed E-state index contributed by atoms with van der Waals surface area (Å²) in [5.74, 6) is 0. The quantitative estimate of drug-likeness (QED) is 0.115. The van der Waals surface area contributed by atoms with Crippen LogP contribution in [0.1, 0.15) is 6.42 Å². The molecule has 19 heteroatoms. The highest BCUT2D eigenvalue weighted by molar-refractivity contribution is 5.02. The Hall–Kier alpha value is -0.760. The second-order valence-corrected chi connectivity index (χ2v) is 11.2. The molecule has 1 aliphatic carbocycles. The first-order valence-corrected chi connectivity index (χ1v) is 13.9.